The summed E-state index contributed by atoms with van der Waals surface area (Å²) in [5, 5.41) is 12.4. The largest absolute Gasteiger partial charge is 0.312 e. The van der Waals surface area contributed by atoms with Crippen LogP contribution >= 0.6 is 0 Å². The van der Waals surface area contributed by atoms with Crippen LogP contribution in [0.5, 0.6) is 0 Å². The maximum atomic E-state index is 4.57. The monoisotopic (exact) mass is 310 g/mol. The molecule has 0 unspecified atom stereocenters. The van der Waals surface area contributed by atoms with Crippen LogP contribution in [0.15, 0.2) is 49.2 Å². The summed E-state index contributed by atoms with van der Waals surface area (Å²) in [6.45, 7) is 4.88. The Morgan fingerprint density at radius 3 is 2.78 bits per heavy atom. The van der Waals surface area contributed by atoms with E-state index in [1.165, 1.54) is 5.56 Å². The lowest BCUT2D eigenvalue weighted by molar-refractivity contribution is 0.422. The molecule has 3 aromatic rings. The van der Waals surface area contributed by atoms with Crippen molar-refractivity contribution in [3.8, 4) is 11.3 Å². The molecule has 1 N–H and O–H groups in total. The predicted molar refractivity (Wildman–Crippen MR) is 89.5 cm³/mol. The lowest BCUT2D eigenvalue weighted by atomic mass is 10.1. The molecule has 1 atom stereocenters. The number of aryl methyl sites for hydroxylation is 1. The zero-order valence-electron chi connectivity index (χ0n) is 13.6. The van der Waals surface area contributed by atoms with Crippen LogP contribution < -0.4 is 5.32 Å². The number of hydrogen-bond acceptors (Lipinski definition) is 4. The van der Waals surface area contributed by atoms with Crippen molar-refractivity contribution >= 4 is 0 Å². The van der Waals surface area contributed by atoms with Crippen molar-refractivity contribution in [3.63, 3.8) is 0 Å². The first kappa shape index (κ1) is 15.4. The maximum Gasteiger partial charge on any atom is 0.0969 e. The van der Waals surface area contributed by atoms with Gasteiger partial charge >= 0.3 is 0 Å². The predicted octanol–water partition coefficient (Wildman–Crippen LogP) is 2.10. The zero-order chi connectivity index (χ0) is 16.1. The lowest BCUT2D eigenvalue weighted by Gasteiger charge is -2.12. The van der Waals surface area contributed by atoms with Gasteiger partial charge in [0.05, 0.1) is 5.69 Å². The highest BCUT2D eigenvalue weighted by atomic mass is 15.3. The third-order valence-corrected chi connectivity index (χ3v) is 3.72. The zero-order valence-corrected chi connectivity index (χ0v) is 13.6. The Hall–Kier alpha value is -2.47. The van der Waals surface area contributed by atoms with Gasteiger partial charge in [-0.3, -0.25) is 14.3 Å². The van der Waals surface area contributed by atoms with Crippen molar-refractivity contribution < 1.29 is 0 Å². The van der Waals surface area contributed by atoms with Crippen molar-refractivity contribution in [2.75, 3.05) is 6.54 Å². The average Bonchev–Trinajstić information content (AvgIpc) is 3.18. The second kappa shape index (κ2) is 7.19. The molecule has 6 heteroatoms. The van der Waals surface area contributed by atoms with E-state index < -0.39 is 0 Å². The fourth-order valence-electron chi connectivity index (χ4n) is 2.67. The molecule has 0 aromatic carbocycles. The fourth-order valence-corrected chi connectivity index (χ4v) is 2.67. The third kappa shape index (κ3) is 4.04. The summed E-state index contributed by atoms with van der Waals surface area (Å²) in [5.41, 5.74) is 3.31. The molecule has 0 aliphatic heterocycles. The number of hydrogen-bond donors (Lipinski definition) is 1. The highest BCUT2D eigenvalue weighted by Crippen LogP contribution is 2.20. The Bertz CT molecular complexity index is 717. The van der Waals surface area contributed by atoms with Crippen LogP contribution in [0, 0.1) is 5.92 Å². The molecule has 0 bridgehead atoms. The summed E-state index contributed by atoms with van der Waals surface area (Å²) in [5.74, 6) is 0.510. The van der Waals surface area contributed by atoms with Crippen LogP contribution in [0.25, 0.3) is 11.3 Å². The average molecular weight is 310 g/mol. The quantitative estimate of drug-likeness (QED) is 0.726. The van der Waals surface area contributed by atoms with E-state index in [0.717, 1.165) is 30.9 Å². The van der Waals surface area contributed by atoms with Gasteiger partial charge in [-0.15, -0.1) is 0 Å². The number of aromatic nitrogens is 5. The molecule has 3 aromatic heterocycles. The molecule has 0 saturated carbocycles. The van der Waals surface area contributed by atoms with Crippen LogP contribution in [-0.2, 0) is 20.1 Å². The molecular formula is C17H22N6. The molecule has 0 radical (unpaired) electrons. The van der Waals surface area contributed by atoms with Crippen molar-refractivity contribution in [1.82, 2.24) is 29.9 Å². The van der Waals surface area contributed by atoms with Gasteiger partial charge in [0, 0.05) is 62.2 Å². The van der Waals surface area contributed by atoms with E-state index in [-0.39, 0.29) is 0 Å². The first-order valence-electron chi connectivity index (χ1n) is 7.83. The molecule has 0 amide bonds. The van der Waals surface area contributed by atoms with Crippen LogP contribution in [0.2, 0.25) is 0 Å². The standard InChI is InChI=1S/C17H22N6/c1-14(12-23-9-3-6-20-23)10-19-11-16-13-22(2)21-17(16)15-4-7-18-8-5-15/h3-9,13-14,19H,10-12H2,1-2H3/t14-/m1/s1. The van der Waals surface area contributed by atoms with Gasteiger partial charge in [0.2, 0.25) is 0 Å². The van der Waals surface area contributed by atoms with Crippen LogP contribution in [0.1, 0.15) is 12.5 Å². The van der Waals surface area contributed by atoms with Gasteiger partial charge < -0.3 is 5.32 Å². The lowest BCUT2D eigenvalue weighted by Crippen LogP contribution is -2.24. The highest BCUT2D eigenvalue weighted by Gasteiger charge is 2.10. The molecule has 0 aliphatic rings. The van der Waals surface area contributed by atoms with Gasteiger partial charge in [-0.05, 0) is 30.7 Å². The minimum atomic E-state index is 0.510. The van der Waals surface area contributed by atoms with E-state index >= 15 is 0 Å². The van der Waals surface area contributed by atoms with Gasteiger partial charge in [0.15, 0.2) is 0 Å². The Balaban J connectivity index is 1.58. The Kier molecular flexibility index (Phi) is 4.83. The summed E-state index contributed by atoms with van der Waals surface area (Å²) >= 11 is 0. The van der Waals surface area contributed by atoms with E-state index in [1.54, 1.807) is 12.4 Å². The minimum Gasteiger partial charge on any atom is -0.312 e. The molecule has 6 nitrogen and oxygen atoms in total. The van der Waals surface area contributed by atoms with Crippen LogP contribution in [0.4, 0.5) is 0 Å². The minimum absolute atomic E-state index is 0.510. The SMILES string of the molecule is C[C@H](CNCc1cn(C)nc1-c1ccncc1)Cn1cccn1. The normalized spacial score (nSPS) is 12.4. The number of pyridine rings is 1. The smallest absolute Gasteiger partial charge is 0.0969 e. The molecule has 23 heavy (non-hydrogen) atoms. The molecule has 0 spiro atoms. The summed E-state index contributed by atoms with van der Waals surface area (Å²) in [6, 6.07) is 5.94. The second-order valence-corrected chi connectivity index (χ2v) is 5.88. The van der Waals surface area contributed by atoms with E-state index in [9.17, 15) is 0 Å². The first-order valence-corrected chi connectivity index (χ1v) is 7.83. The third-order valence-electron chi connectivity index (χ3n) is 3.72. The van der Waals surface area contributed by atoms with Crippen molar-refractivity contribution in [1.29, 1.82) is 0 Å². The van der Waals surface area contributed by atoms with Crippen molar-refractivity contribution in [3.05, 3.63) is 54.7 Å². The van der Waals surface area contributed by atoms with Gasteiger partial charge in [-0.25, -0.2) is 0 Å². The number of nitrogens with zero attached hydrogens (tertiary/aromatic N) is 5. The van der Waals surface area contributed by atoms with Gasteiger partial charge in [-0.2, -0.15) is 10.2 Å². The summed E-state index contributed by atoms with van der Waals surface area (Å²) in [4.78, 5) is 4.07. The molecule has 3 rings (SSSR count). The van der Waals surface area contributed by atoms with Crippen molar-refractivity contribution in [2.45, 2.75) is 20.0 Å². The van der Waals surface area contributed by atoms with Gasteiger partial charge in [0.1, 0.15) is 0 Å². The Labute approximate surface area is 136 Å². The second-order valence-electron chi connectivity index (χ2n) is 5.88. The molecule has 0 fully saturated rings. The number of nitrogens with one attached hydrogen (secondary N) is 1. The van der Waals surface area contributed by atoms with Crippen molar-refractivity contribution in [2.24, 2.45) is 13.0 Å². The summed E-state index contributed by atoms with van der Waals surface area (Å²) in [6.07, 6.45) is 9.48. The molecular weight excluding hydrogens is 288 g/mol. The Morgan fingerprint density at radius 1 is 1.22 bits per heavy atom. The molecule has 3 heterocycles. The Morgan fingerprint density at radius 2 is 2.04 bits per heavy atom. The van der Waals surface area contributed by atoms with Crippen LogP contribution in [0.3, 0.4) is 0 Å². The molecule has 0 aliphatic carbocycles. The molecule has 120 valence electrons. The van der Waals surface area contributed by atoms with E-state index in [0.29, 0.717) is 5.92 Å². The van der Waals surface area contributed by atoms with Gasteiger partial charge in [0.25, 0.3) is 0 Å². The van der Waals surface area contributed by atoms with Crippen LogP contribution in [-0.4, -0.2) is 31.1 Å². The first-order chi connectivity index (χ1) is 11.2. The topological polar surface area (TPSA) is 60.6 Å². The molecule has 0 saturated heterocycles. The van der Waals surface area contributed by atoms with Gasteiger partial charge in [-0.1, -0.05) is 6.92 Å². The van der Waals surface area contributed by atoms with E-state index in [4.69, 9.17) is 0 Å². The van der Waals surface area contributed by atoms with E-state index in [2.05, 4.69) is 33.6 Å². The summed E-state index contributed by atoms with van der Waals surface area (Å²) in [7, 11) is 1.95. The van der Waals surface area contributed by atoms with E-state index in [1.807, 2.05) is 47.0 Å². The highest BCUT2D eigenvalue weighted by molar-refractivity contribution is 5.61. The fraction of sp³-hybridized carbons (Fsp3) is 0.353. The summed E-state index contributed by atoms with van der Waals surface area (Å²) < 4.78 is 3.83. The maximum absolute atomic E-state index is 4.57. The number of rotatable bonds is 7.